The fourth-order valence-electron chi connectivity index (χ4n) is 5.90. The number of ether oxygens (including phenoxy) is 1. The Bertz CT molecular complexity index is 1280. The number of nitrogens with one attached hydrogen (secondary N) is 1. The number of alkyl halides is 3. The lowest BCUT2D eigenvalue weighted by molar-refractivity contribution is -0.138. The normalized spacial score (nSPS) is 20.7. The van der Waals surface area contributed by atoms with Gasteiger partial charge in [-0.25, -0.2) is 4.98 Å². The van der Waals surface area contributed by atoms with E-state index in [0.29, 0.717) is 25.4 Å². The highest BCUT2D eigenvalue weighted by molar-refractivity contribution is 7.81. The van der Waals surface area contributed by atoms with Crippen LogP contribution in [0.2, 0.25) is 0 Å². The number of amides is 1. The summed E-state index contributed by atoms with van der Waals surface area (Å²) in [6.45, 7) is 4.78. The maximum atomic E-state index is 13.8. The molecule has 1 amide bonds. The Kier molecular flexibility index (Phi) is 9.12. The van der Waals surface area contributed by atoms with Crippen molar-refractivity contribution < 1.29 is 22.7 Å². The number of carbonyl (C=O) groups is 1. The second-order valence-electron chi connectivity index (χ2n) is 10.5. The third-order valence-electron chi connectivity index (χ3n) is 8.23. The van der Waals surface area contributed by atoms with Gasteiger partial charge in [0.15, 0.2) is 11.2 Å². The highest BCUT2D eigenvalue weighted by Gasteiger charge is 2.60. The molecule has 7 nitrogen and oxygen atoms in total. The molecule has 3 aliphatic rings. The van der Waals surface area contributed by atoms with Gasteiger partial charge in [0.25, 0.3) is 5.91 Å². The molecule has 3 heterocycles. The van der Waals surface area contributed by atoms with Gasteiger partial charge in [0.2, 0.25) is 0 Å². The fourth-order valence-corrected chi connectivity index (χ4v) is 6.49. The number of anilines is 2. The van der Waals surface area contributed by atoms with Crippen molar-refractivity contribution in [2.75, 3.05) is 29.5 Å². The van der Waals surface area contributed by atoms with Crippen LogP contribution in [0.1, 0.15) is 62.3 Å². The van der Waals surface area contributed by atoms with E-state index in [-0.39, 0.29) is 24.0 Å². The lowest BCUT2D eigenvalue weighted by Crippen LogP contribution is -2.55. The number of thiol groups is 1. The molecule has 40 heavy (non-hydrogen) atoms. The Hall–Kier alpha value is -2.68. The minimum atomic E-state index is -4.78. The van der Waals surface area contributed by atoms with E-state index in [0.717, 1.165) is 74.5 Å². The van der Waals surface area contributed by atoms with Gasteiger partial charge in [-0.3, -0.25) is 9.69 Å². The van der Waals surface area contributed by atoms with Crippen molar-refractivity contribution in [2.24, 2.45) is 5.92 Å². The smallest absolute Gasteiger partial charge is 0.419 e. The molecular formula is C28H33ClF3N5O2S. The minimum Gasteiger partial charge on any atom is -0.493 e. The van der Waals surface area contributed by atoms with Gasteiger partial charge in [0, 0.05) is 5.69 Å². The third kappa shape index (κ3) is 5.46. The van der Waals surface area contributed by atoms with E-state index >= 15 is 0 Å². The maximum absolute atomic E-state index is 13.8. The number of hydrogen-bond acceptors (Lipinski definition) is 7. The monoisotopic (exact) mass is 595 g/mol. The molecule has 5 rings (SSSR count). The van der Waals surface area contributed by atoms with Gasteiger partial charge in [-0.1, -0.05) is 6.92 Å². The summed E-state index contributed by atoms with van der Waals surface area (Å²) < 4.78 is 47.1. The van der Waals surface area contributed by atoms with Crippen molar-refractivity contribution in [2.45, 2.75) is 69.1 Å². The van der Waals surface area contributed by atoms with Crippen molar-refractivity contribution in [3.05, 3.63) is 47.3 Å². The molecule has 0 bridgehead atoms. The summed E-state index contributed by atoms with van der Waals surface area (Å²) in [6, 6.07) is 8.12. The molecule has 1 atom stereocenters. The fraction of sp³-hybridized carbons (Fsp3) is 0.536. The first-order valence-electron chi connectivity index (χ1n) is 13.4. The van der Waals surface area contributed by atoms with Crippen LogP contribution in [0, 0.1) is 17.2 Å². The van der Waals surface area contributed by atoms with Gasteiger partial charge in [-0.15, -0.1) is 25.0 Å². The molecular weight excluding hydrogens is 563 g/mol. The predicted molar refractivity (Wildman–Crippen MR) is 152 cm³/mol. The largest absolute Gasteiger partial charge is 0.493 e. The second kappa shape index (κ2) is 12.0. The number of pyridine rings is 1. The molecule has 216 valence electrons. The highest BCUT2D eigenvalue weighted by Crippen LogP contribution is 2.51. The van der Waals surface area contributed by atoms with E-state index < -0.39 is 28.5 Å². The van der Waals surface area contributed by atoms with E-state index in [1.54, 1.807) is 0 Å². The first-order valence-corrected chi connectivity index (χ1v) is 14.0. The Balaban J connectivity index is 0.00000370. The maximum Gasteiger partial charge on any atom is 0.419 e. The first-order chi connectivity index (χ1) is 18.7. The molecule has 12 heteroatoms. The van der Waals surface area contributed by atoms with Crippen LogP contribution in [0.4, 0.5) is 24.5 Å². The van der Waals surface area contributed by atoms with Crippen LogP contribution in [0.15, 0.2) is 30.5 Å². The summed E-state index contributed by atoms with van der Waals surface area (Å²) in [6.07, 6.45) is 2.38. The van der Waals surface area contributed by atoms with Gasteiger partial charge in [0.1, 0.15) is 17.4 Å². The van der Waals surface area contributed by atoms with E-state index in [1.807, 2.05) is 30.0 Å². The van der Waals surface area contributed by atoms with Crippen molar-refractivity contribution in [3.8, 4) is 11.8 Å². The highest BCUT2D eigenvalue weighted by atomic mass is 35.5. The van der Waals surface area contributed by atoms with E-state index in [2.05, 4.69) is 10.3 Å². The second-order valence-corrected chi connectivity index (χ2v) is 10.9. The number of benzene rings is 1. The van der Waals surface area contributed by atoms with E-state index in [9.17, 15) is 18.0 Å². The summed E-state index contributed by atoms with van der Waals surface area (Å²) in [4.78, 5) is 20.7. The van der Waals surface area contributed by atoms with Gasteiger partial charge in [-0.2, -0.15) is 18.4 Å². The molecule has 1 spiro atoms. The lowest BCUT2D eigenvalue weighted by Gasteiger charge is -2.44. The number of aryl methyl sites for hydroxylation is 1. The Labute approximate surface area is 243 Å². The van der Waals surface area contributed by atoms with E-state index in [4.69, 9.17) is 22.6 Å². The minimum absolute atomic E-state index is 0. The Morgan fingerprint density at radius 2 is 1.95 bits per heavy atom. The number of hydrogen-bond donors (Lipinski definition) is 2. The number of rotatable bonds is 7. The molecule has 2 aromatic rings. The molecule has 0 radical (unpaired) electrons. The third-order valence-corrected chi connectivity index (χ3v) is 8.69. The Morgan fingerprint density at radius 1 is 1.23 bits per heavy atom. The van der Waals surface area contributed by atoms with Gasteiger partial charge < -0.3 is 15.0 Å². The van der Waals surface area contributed by atoms with Crippen molar-refractivity contribution in [1.29, 1.82) is 5.26 Å². The number of carbonyl (C=O) groups excluding carboxylic acids is 1. The summed E-state index contributed by atoms with van der Waals surface area (Å²) in [5.74, 6) is 1.16. The molecule has 3 fully saturated rings. The number of nitrogens with zero attached hydrogens (tertiary/aromatic N) is 4. The number of piperidine rings is 1. The van der Waals surface area contributed by atoms with Crippen LogP contribution in [-0.4, -0.2) is 41.6 Å². The van der Waals surface area contributed by atoms with Crippen LogP contribution in [0.25, 0.3) is 0 Å². The van der Waals surface area contributed by atoms with Gasteiger partial charge in [-0.05, 0) is 93.8 Å². The zero-order valence-corrected chi connectivity index (χ0v) is 23.9. The van der Waals surface area contributed by atoms with Gasteiger partial charge in [0.05, 0.1) is 24.1 Å². The summed E-state index contributed by atoms with van der Waals surface area (Å²) in [5.41, 5.74) is -1.90. The SMILES string of the molecule is CCc1cc(N2C(S)N(c3cnc(C#N)c(C(F)(F)F)c3)C(=O)C23CCC3)ccc1OCCC1CCNCC1.Cl. The predicted octanol–water partition coefficient (Wildman–Crippen LogP) is 5.71. The first kappa shape index (κ1) is 30.3. The molecule has 1 aliphatic carbocycles. The zero-order chi connectivity index (χ0) is 27.8. The molecule has 1 aromatic carbocycles. The average molecular weight is 596 g/mol. The van der Waals surface area contributed by atoms with Crippen molar-refractivity contribution in [3.63, 3.8) is 0 Å². The molecule has 1 N–H and O–H groups in total. The molecule has 2 saturated heterocycles. The average Bonchev–Trinajstić information content (AvgIpc) is 3.15. The standard InChI is InChI=1S/C28H32F3N5O2S.ClH/c1-2-19-14-20(4-5-24(19)38-13-8-18-6-11-33-12-7-18)36-26(39)35(25(37)27(36)9-3-10-27)21-15-22(28(29,30)31)23(16-32)34-17-21;/h4-5,14-15,17-18,26,33,39H,2-3,6-13H2,1H3;1H. The van der Waals surface area contributed by atoms with Crippen LogP contribution in [0.3, 0.4) is 0 Å². The zero-order valence-electron chi connectivity index (χ0n) is 22.2. The number of nitriles is 1. The lowest BCUT2D eigenvalue weighted by atomic mass is 9.75. The van der Waals surface area contributed by atoms with Crippen molar-refractivity contribution >= 4 is 42.3 Å². The number of aromatic nitrogens is 1. The van der Waals surface area contributed by atoms with Crippen LogP contribution in [0.5, 0.6) is 5.75 Å². The topological polar surface area (TPSA) is 81.5 Å². The number of halogens is 4. The van der Waals surface area contributed by atoms with Crippen LogP contribution >= 0.6 is 25.0 Å². The quantitative estimate of drug-likeness (QED) is 0.399. The van der Waals surface area contributed by atoms with Gasteiger partial charge >= 0.3 is 6.18 Å². The Morgan fingerprint density at radius 3 is 2.55 bits per heavy atom. The van der Waals surface area contributed by atoms with Crippen molar-refractivity contribution in [1.82, 2.24) is 10.3 Å². The van der Waals surface area contributed by atoms with E-state index in [1.165, 1.54) is 11.0 Å². The van der Waals surface area contributed by atoms with Crippen LogP contribution in [-0.2, 0) is 17.4 Å². The molecule has 1 unspecified atom stereocenters. The summed E-state index contributed by atoms with van der Waals surface area (Å²) in [7, 11) is 0. The van der Waals surface area contributed by atoms with Crippen LogP contribution < -0.4 is 19.9 Å². The summed E-state index contributed by atoms with van der Waals surface area (Å²) in [5, 5.41) is 12.5. The molecule has 1 saturated carbocycles. The summed E-state index contributed by atoms with van der Waals surface area (Å²) >= 11 is 4.75. The molecule has 2 aliphatic heterocycles. The molecule has 1 aromatic heterocycles.